The molecule has 0 aliphatic heterocycles. The zero-order valence-corrected chi connectivity index (χ0v) is 11.0. The van der Waals surface area contributed by atoms with E-state index >= 15 is 0 Å². The first-order chi connectivity index (χ1) is 8.60. The molecule has 6 heteroatoms. The average molecular weight is 266 g/mol. The molecule has 0 saturated heterocycles. The van der Waals surface area contributed by atoms with Gasteiger partial charge in [-0.2, -0.15) is 0 Å². The highest BCUT2D eigenvalue weighted by Gasteiger charge is 2.11. The van der Waals surface area contributed by atoms with Crippen LogP contribution in [0.5, 0.6) is 0 Å². The molecule has 1 atom stereocenters. The number of carboxylic acids is 1. The van der Waals surface area contributed by atoms with Crippen LogP contribution >= 0.6 is 11.3 Å². The van der Waals surface area contributed by atoms with Crippen molar-refractivity contribution in [3.8, 4) is 11.3 Å². The van der Waals surface area contributed by atoms with Crippen molar-refractivity contribution in [3.05, 3.63) is 28.3 Å². The lowest BCUT2D eigenvalue weighted by Gasteiger charge is -2.05. The van der Waals surface area contributed by atoms with E-state index in [-0.39, 0.29) is 11.8 Å². The molecular weight excluding hydrogens is 252 g/mol. The highest BCUT2D eigenvalue weighted by atomic mass is 32.1. The number of methoxy groups -OCH3 is 1. The van der Waals surface area contributed by atoms with Crippen molar-refractivity contribution in [1.29, 1.82) is 0 Å². The number of hydrogen-bond acceptors (Lipinski definition) is 4. The van der Waals surface area contributed by atoms with Crippen LogP contribution in [0.4, 0.5) is 0 Å². The van der Waals surface area contributed by atoms with Crippen LogP contribution in [0, 0.1) is 0 Å². The van der Waals surface area contributed by atoms with Gasteiger partial charge in [-0.15, -0.1) is 11.3 Å². The Balaban J connectivity index is 2.16. The third-order valence-corrected chi connectivity index (χ3v) is 3.50. The van der Waals surface area contributed by atoms with Gasteiger partial charge in [0.25, 0.3) is 0 Å². The third kappa shape index (κ3) is 2.77. The summed E-state index contributed by atoms with van der Waals surface area (Å²) in [7, 11) is 1.67. The topological polar surface area (TPSA) is 75.2 Å². The second kappa shape index (κ2) is 5.32. The van der Waals surface area contributed by atoms with Crippen molar-refractivity contribution in [3.63, 3.8) is 0 Å². The molecule has 2 rings (SSSR count). The average Bonchev–Trinajstić information content (AvgIpc) is 2.96. The molecule has 2 N–H and O–H groups in total. The fourth-order valence-corrected chi connectivity index (χ4v) is 2.45. The van der Waals surface area contributed by atoms with E-state index in [4.69, 9.17) is 9.84 Å². The highest BCUT2D eigenvalue weighted by molar-refractivity contribution is 7.09. The van der Waals surface area contributed by atoms with Crippen molar-refractivity contribution in [2.75, 3.05) is 7.11 Å². The molecule has 0 amide bonds. The molecule has 0 spiro atoms. The molecule has 96 valence electrons. The van der Waals surface area contributed by atoms with Gasteiger partial charge in [-0.25, -0.2) is 9.78 Å². The second-order valence-corrected chi connectivity index (χ2v) is 4.93. The van der Waals surface area contributed by atoms with Gasteiger partial charge in [-0.05, 0) is 13.0 Å². The Morgan fingerprint density at radius 3 is 3.06 bits per heavy atom. The highest BCUT2D eigenvalue weighted by Crippen LogP contribution is 2.23. The van der Waals surface area contributed by atoms with E-state index < -0.39 is 5.97 Å². The van der Waals surface area contributed by atoms with Gasteiger partial charge < -0.3 is 14.8 Å². The maximum absolute atomic E-state index is 10.8. The summed E-state index contributed by atoms with van der Waals surface area (Å²) in [6, 6.07) is 1.58. The Morgan fingerprint density at radius 1 is 1.67 bits per heavy atom. The Hall–Kier alpha value is -1.66. The molecule has 0 bridgehead atoms. The van der Waals surface area contributed by atoms with Gasteiger partial charge in [0, 0.05) is 30.7 Å². The Kier molecular flexibility index (Phi) is 3.78. The SMILES string of the molecule is COC(C)Cc1nc(-c2c[nH]c(C(=O)O)c2)cs1. The summed E-state index contributed by atoms with van der Waals surface area (Å²) >= 11 is 1.55. The Bertz CT molecular complexity index is 547. The van der Waals surface area contributed by atoms with Crippen molar-refractivity contribution in [2.24, 2.45) is 0 Å². The van der Waals surface area contributed by atoms with Crippen LogP contribution < -0.4 is 0 Å². The molecule has 1 unspecified atom stereocenters. The number of carbonyl (C=O) groups is 1. The quantitative estimate of drug-likeness (QED) is 0.871. The maximum atomic E-state index is 10.8. The van der Waals surface area contributed by atoms with E-state index in [0.29, 0.717) is 0 Å². The number of aromatic carboxylic acids is 1. The normalized spacial score (nSPS) is 12.6. The van der Waals surface area contributed by atoms with Crippen LogP contribution in [-0.2, 0) is 11.2 Å². The molecule has 5 nitrogen and oxygen atoms in total. The number of nitrogens with one attached hydrogen (secondary N) is 1. The van der Waals surface area contributed by atoms with Crippen LogP contribution in [0.2, 0.25) is 0 Å². The van der Waals surface area contributed by atoms with Crippen LogP contribution in [0.1, 0.15) is 22.4 Å². The number of carboxylic acid groups (broad SMARTS) is 1. The first kappa shape index (κ1) is 12.8. The van der Waals surface area contributed by atoms with Gasteiger partial charge in [0.15, 0.2) is 0 Å². The van der Waals surface area contributed by atoms with E-state index in [1.165, 1.54) is 0 Å². The van der Waals surface area contributed by atoms with Gasteiger partial charge in [-0.3, -0.25) is 0 Å². The van der Waals surface area contributed by atoms with Crippen molar-refractivity contribution in [1.82, 2.24) is 9.97 Å². The lowest BCUT2D eigenvalue weighted by Crippen LogP contribution is -2.07. The summed E-state index contributed by atoms with van der Waals surface area (Å²) in [4.78, 5) is 17.9. The minimum atomic E-state index is -0.968. The van der Waals surface area contributed by atoms with E-state index in [9.17, 15) is 4.79 Å². The first-order valence-electron chi connectivity index (χ1n) is 5.49. The fourth-order valence-electron chi connectivity index (χ4n) is 1.53. The number of nitrogens with zero attached hydrogens (tertiary/aromatic N) is 1. The van der Waals surface area contributed by atoms with Crippen LogP contribution in [-0.4, -0.2) is 34.3 Å². The Labute approximate surface area is 108 Å². The third-order valence-electron chi connectivity index (χ3n) is 2.63. The maximum Gasteiger partial charge on any atom is 0.352 e. The molecule has 0 saturated carbocycles. The van der Waals surface area contributed by atoms with Gasteiger partial charge >= 0.3 is 5.97 Å². The van der Waals surface area contributed by atoms with Crippen LogP contribution in [0.3, 0.4) is 0 Å². The number of H-pyrrole nitrogens is 1. The summed E-state index contributed by atoms with van der Waals surface area (Å²) in [5.41, 5.74) is 1.76. The lowest BCUT2D eigenvalue weighted by molar-refractivity contribution is 0.0691. The summed E-state index contributed by atoms with van der Waals surface area (Å²) in [5, 5.41) is 11.7. The smallest absolute Gasteiger partial charge is 0.352 e. The van der Waals surface area contributed by atoms with E-state index in [1.54, 1.807) is 30.7 Å². The van der Waals surface area contributed by atoms with Crippen LogP contribution in [0.15, 0.2) is 17.6 Å². The zero-order chi connectivity index (χ0) is 13.1. The molecule has 0 aliphatic carbocycles. The standard InChI is InChI=1S/C12H14N2O3S/c1-7(17-2)3-11-14-10(6-18-11)8-4-9(12(15)16)13-5-8/h4-7,13H,3H2,1-2H3,(H,15,16). The van der Waals surface area contributed by atoms with Gasteiger partial charge in [0.05, 0.1) is 16.8 Å². The summed E-state index contributed by atoms with van der Waals surface area (Å²) in [6.07, 6.45) is 2.55. The van der Waals surface area contributed by atoms with Crippen molar-refractivity contribution >= 4 is 17.3 Å². The molecule has 0 radical (unpaired) electrons. The monoisotopic (exact) mass is 266 g/mol. The second-order valence-electron chi connectivity index (χ2n) is 3.98. The minimum Gasteiger partial charge on any atom is -0.477 e. The number of hydrogen-bond donors (Lipinski definition) is 2. The predicted molar refractivity (Wildman–Crippen MR) is 69.0 cm³/mol. The van der Waals surface area contributed by atoms with Gasteiger partial charge in [-0.1, -0.05) is 0 Å². The number of rotatable bonds is 5. The molecule has 18 heavy (non-hydrogen) atoms. The minimum absolute atomic E-state index is 0.129. The van der Waals surface area contributed by atoms with E-state index in [1.807, 2.05) is 12.3 Å². The van der Waals surface area contributed by atoms with Crippen LogP contribution in [0.25, 0.3) is 11.3 Å². The predicted octanol–water partition coefficient (Wildman–Crippen LogP) is 2.41. The summed E-state index contributed by atoms with van der Waals surface area (Å²) < 4.78 is 5.19. The summed E-state index contributed by atoms with van der Waals surface area (Å²) in [6.45, 7) is 1.99. The molecule has 2 aromatic rings. The molecule has 2 heterocycles. The molecule has 2 aromatic heterocycles. The largest absolute Gasteiger partial charge is 0.477 e. The number of aromatic amines is 1. The van der Waals surface area contributed by atoms with Gasteiger partial charge in [0.1, 0.15) is 5.69 Å². The molecule has 0 aliphatic rings. The fraction of sp³-hybridized carbons (Fsp3) is 0.333. The van der Waals surface area contributed by atoms with E-state index in [2.05, 4.69) is 9.97 Å². The van der Waals surface area contributed by atoms with Crippen molar-refractivity contribution in [2.45, 2.75) is 19.4 Å². The number of ether oxygens (including phenoxy) is 1. The molecule has 0 aromatic carbocycles. The Morgan fingerprint density at radius 2 is 2.44 bits per heavy atom. The number of aromatic nitrogens is 2. The first-order valence-corrected chi connectivity index (χ1v) is 6.37. The summed E-state index contributed by atoms with van der Waals surface area (Å²) in [5.74, 6) is -0.968. The molecule has 0 fully saturated rings. The molecular formula is C12H14N2O3S. The van der Waals surface area contributed by atoms with E-state index in [0.717, 1.165) is 22.7 Å². The van der Waals surface area contributed by atoms with Gasteiger partial charge in [0.2, 0.25) is 0 Å². The van der Waals surface area contributed by atoms with Crippen molar-refractivity contribution < 1.29 is 14.6 Å². The zero-order valence-electron chi connectivity index (χ0n) is 10.1. The lowest BCUT2D eigenvalue weighted by atomic mass is 10.2. The number of thiazole rings is 1.